The number of benzene rings is 1. The van der Waals surface area contributed by atoms with Crippen LogP contribution in [-0.4, -0.2) is 30.3 Å². The van der Waals surface area contributed by atoms with Gasteiger partial charge in [-0.1, -0.05) is 27.5 Å². The normalized spacial score (nSPS) is 10.4. The first-order valence-corrected chi connectivity index (χ1v) is 8.90. The van der Waals surface area contributed by atoms with Crippen molar-refractivity contribution in [2.45, 2.75) is 0 Å². The van der Waals surface area contributed by atoms with Gasteiger partial charge in [0.15, 0.2) is 0 Å². The molecule has 1 N–H and O–H groups in total. The van der Waals surface area contributed by atoms with Crippen molar-refractivity contribution >= 4 is 72.3 Å². The molecule has 0 fully saturated rings. The SMILES string of the molecule is CN(CC(=O)Nc1ccc(Br)cc1Cl)C(=O)c1ccc(Br)s1. The Labute approximate surface area is 153 Å². The summed E-state index contributed by atoms with van der Waals surface area (Å²) in [5.74, 6) is -0.511. The van der Waals surface area contributed by atoms with Crippen LogP contribution in [0, 0.1) is 0 Å². The standard InChI is InChI=1S/C14H11Br2ClN2O2S/c1-19(14(21)11-4-5-12(16)22-11)7-13(20)18-10-3-2-8(15)6-9(10)17/h2-6H,7H2,1H3,(H,18,20). The zero-order valence-corrected chi connectivity index (χ0v) is 16.1. The van der Waals surface area contributed by atoms with E-state index in [1.807, 2.05) is 0 Å². The Morgan fingerprint density at radius 2 is 2.00 bits per heavy atom. The van der Waals surface area contributed by atoms with E-state index < -0.39 is 0 Å². The molecule has 1 aromatic carbocycles. The highest BCUT2D eigenvalue weighted by molar-refractivity contribution is 9.11. The number of likely N-dealkylation sites (N-methyl/N-ethyl adjacent to an activating group) is 1. The number of nitrogens with zero attached hydrogens (tertiary/aromatic N) is 1. The molecule has 4 nitrogen and oxygen atoms in total. The Bertz CT molecular complexity index is 721. The summed E-state index contributed by atoms with van der Waals surface area (Å²) in [4.78, 5) is 26.1. The molecule has 116 valence electrons. The van der Waals surface area contributed by atoms with E-state index in [1.54, 1.807) is 37.4 Å². The van der Waals surface area contributed by atoms with E-state index in [2.05, 4.69) is 37.2 Å². The van der Waals surface area contributed by atoms with Crippen LogP contribution in [0.5, 0.6) is 0 Å². The van der Waals surface area contributed by atoms with Gasteiger partial charge in [-0.05, 0) is 46.3 Å². The van der Waals surface area contributed by atoms with Gasteiger partial charge in [0.2, 0.25) is 5.91 Å². The maximum Gasteiger partial charge on any atom is 0.264 e. The lowest BCUT2D eigenvalue weighted by atomic mass is 10.3. The predicted octanol–water partition coefficient (Wildman–Crippen LogP) is 4.64. The monoisotopic (exact) mass is 464 g/mol. The van der Waals surface area contributed by atoms with Gasteiger partial charge in [-0.25, -0.2) is 0 Å². The zero-order valence-electron chi connectivity index (χ0n) is 11.4. The molecule has 0 bridgehead atoms. The largest absolute Gasteiger partial charge is 0.332 e. The van der Waals surface area contributed by atoms with Crippen LogP contribution in [0.15, 0.2) is 38.6 Å². The molecule has 8 heteroatoms. The first kappa shape index (κ1) is 17.5. The van der Waals surface area contributed by atoms with Crippen molar-refractivity contribution in [1.29, 1.82) is 0 Å². The van der Waals surface area contributed by atoms with Crippen molar-refractivity contribution in [2.24, 2.45) is 0 Å². The van der Waals surface area contributed by atoms with Crippen LogP contribution in [-0.2, 0) is 4.79 Å². The van der Waals surface area contributed by atoms with E-state index in [0.717, 1.165) is 8.26 Å². The Morgan fingerprint density at radius 1 is 1.27 bits per heavy atom. The minimum Gasteiger partial charge on any atom is -0.332 e. The van der Waals surface area contributed by atoms with E-state index in [1.165, 1.54) is 16.2 Å². The van der Waals surface area contributed by atoms with Crippen LogP contribution in [0.2, 0.25) is 5.02 Å². The van der Waals surface area contributed by atoms with E-state index in [4.69, 9.17) is 11.6 Å². The molecule has 0 aliphatic carbocycles. The van der Waals surface area contributed by atoms with Gasteiger partial charge in [0.05, 0.1) is 25.9 Å². The highest BCUT2D eigenvalue weighted by Crippen LogP contribution is 2.26. The minimum atomic E-state index is -0.310. The number of carbonyl (C=O) groups excluding carboxylic acids is 2. The Hall–Kier alpha value is -0.890. The second-order valence-corrected chi connectivity index (χ2v) is 8.22. The smallest absolute Gasteiger partial charge is 0.264 e. The first-order chi connectivity index (χ1) is 10.4. The van der Waals surface area contributed by atoms with Crippen LogP contribution in [0.25, 0.3) is 0 Å². The highest BCUT2D eigenvalue weighted by Gasteiger charge is 2.17. The molecule has 1 aromatic heterocycles. The lowest BCUT2D eigenvalue weighted by molar-refractivity contribution is -0.116. The molecule has 0 aliphatic heterocycles. The maximum atomic E-state index is 12.2. The number of anilines is 1. The molecule has 2 aromatic rings. The van der Waals surface area contributed by atoms with E-state index in [0.29, 0.717) is 15.6 Å². The lowest BCUT2D eigenvalue weighted by Crippen LogP contribution is -2.34. The van der Waals surface area contributed by atoms with Crippen molar-refractivity contribution in [3.8, 4) is 0 Å². The molecule has 2 amide bonds. The summed E-state index contributed by atoms with van der Waals surface area (Å²) in [6.45, 7) is -0.0548. The molecular weight excluding hydrogens is 455 g/mol. The third kappa shape index (κ3) is 4.55. The van der Waals surface area contributed by atoms with Gasteiger partial charge in [-0.15, -0.1) is 11.3 Å². The predicted molar refractivity (Wildman–Crippen MR) is 96.8 cm³/mol. The Kier molecular flexibility index (Phi) is 6.02. The summed E-state index contributed by atoms with van der Waals surface area (Å²) in [6.07, 6.45) is 0. The maximum absolute atomic E-state index is 12.2. The van der Waals surface area contributed by atoms with Crippen molar-refractivity contribution < 1.29 is 9.59 Å². The van der Waals surface area contributed by atoms with Gasteiger partial charge in [0.1, 0.15) is 0 Å². The number of amides is 2. The van der Waals surface area contributed by atoms with E-state index in [-0.39, 0.29) is 18.4 Å². The quantitative estimate of drug-likeness (QED) is 0.714. The van der Waals surface area contributed by atoms with Crippen molar-refractivity contribution in [3.63, 3.8) is 0 Å². The van der Waals surface area contributed by atoms with Crippen LogP contribution >= 0.6 is 54.8 Å². The van der Waals surface area contributed by atoms with Crippen molar-refractivity contribution in [1.82, 2.24) is 4.90 Å². The fraction of sp³-hybridized carbons (Fsp3) is 0.143. The molecule has 22 heavy (non-hydrogen) atoms. The van der Waals surface area contributed by atoms with E-state index >= 15 is 0 Å². The fourth-order valence-electron chi connectivity index (χ4n) is 1.69. The van der Waals surface area contributed by atoms with E-state index in [9.17, 15) is 9.59 Å². The second-order valence-electron chi connectivity index (χ2n) is 4.44. The molecular formula is C14H11Br2ClN2O2S. The van der Waals surface area contributed by atoms with Crippen molar-refractivity contribution in [2.75, 3.05) is 18.9 Å². The Balaban J connectivity index is 1.98. The third-order valence-electron chi connectivity index (χ3n) is 2.72. The lowest BCUT2D eigenvalue weighted by Gasteiger charge is -2.16. The molecule has 0 radical (unpaired) electrons. The van der Waals surface area contributed by atoms with Gasteiger partial charge >= 0.3 is 0 Å². The third-order valence-corrected chi connectivity index (χ3v) is 5.13. The summed E-state index contributed by atoms with van der Waals surface area (Å²) in [5, 5.41) is 3.12. The molecule has 0 atom stereocenters. The zero-order chi connectivity index (χ0) is 16.3. The number of hydrogen-bond donors (Lipinski definition) is 1. The summed E-state index contributed by atoms with van der Waals surface area (Å²) < 4.78 is 1.70. The highest BCUT2D eigenvalue weighted by atomic mass is 79.9. The molecule has 0 aliphatic rings. The first-order valence-electron chi connectivity index (χ1n) is 6.12. The average molecular weight is 467 g/mol. The average Bonchev–Trinajstić information content (AvgIpc) is 2.87. The summed E-state index contributed by atoms with van der Waals surface area (Å²) >= 11 is 14.0. The minimum absolute atomic E-state index is 0.0548. The number of thiophene rings is 1. The van der Waals surface area contributed by atoms with Gasteiger partial charge in [0, 0.05) is 11.5 Å². The van der Waals surface area contributed by atoms with Gasteiger partial charge < -0.3 is 10.2 Å². The fourth-order valence-corrected chi connectivity index (χ4v) is 3.79. The number of carbonyl (C=O) groups is 2. The number of rotatable bonds is 4. The second kappa shape index (κ2) is 7.59. The molecule has 0 saturated heterocycles. The van der Waals surface area contributed by atoms with Gasteiger partial charge in [-0.2, -0.15) is 0 Å². The van der Waals surface area contributed by atoms with Crippen LogP contribution < -0.4 is 5.32 Å². The summed E-state index contributed by atoms with van der Waals surface area (Å²) in [7, 11) is 1.58. The van der Waals surface area contributed by atoms with Crippen LogP contribution in [0.1, 0.15) is 9.67 Å². The van der Waals surface area contributed by atoms with Crippen LogP contribution in [0.3, 0.4) is 0 Å². The molecule has 0 saturated carbocycles. The Morgan fingerprint density at radius 3 is 2.59 bits per heavy atom. The molecule has 2 rings (SSSR count). The topological polar surface area (TPSA) is 49.4 Å². The van der Waals surface area contributed by atoms with Gasteiger partial charge in [-0.3, -0.25) is 9.59 Å². The summed E-state index contributed by atoms with van der Waals surface area (Å²) in [5.41, 5.74) is 0.509. The molecule has 0 unspecified atom stereocenters. The number of halogens is 3. The van der Waals surface area contributed by atoms with Crippen LogP contribution in [0.4, 0.5) is 5.69 Å². The van der Waals surface area contributed by atoms with Gasteiger partial charge in [0.25, 0.3) is 5.91 Å². The summed E-state index contributed by atoms with van der Waals surface area (Å²) in [6, 6.07) is 8.68. The van der Waals surface area contributed by atoms with Crippen molar-refractivity contribution in [3.05, 3.63) is 48.5 Å². The number of nitrogens with one attached hydrogen (secondary N) is 1. The molecule has 0 spiro atoms. The number of hydrogen-bond acceptors (Lipinski definition) is 3. The molecule has 1 heterocycles.